The van der Waals surface area contributed by atoms with E-state index in [9.17, 15) is 0 Å². The van der Waals surface area contributed by atoms with Crippen molar-refractivity contribution in [2.45, 2.75) is 25.9 Å². The fraction of sp³-hybridized carbons (Fsp3) is 0.471. The summed E-state index contributed by atoms with van der Waals surface area (Å²) in [4.78, 5) is 6.94. The van der Waals surface area contributed by atoms with Gasteiger partial charge in [-0.15, -0.1) is 0 Å². The number of nitrogens with zero attached hydrogens (tertiary/aromatic N) is 2. The minimum atomic E-state index is 0.152. The Morgan fingerprint density at radius 2 is 2.00 bits per heavy atom. The molecule has 1 atom stereocenters. The van der Waals surface area contributed by atoms with Crippen molar-refractivity contribution < 1.29 is 4.74 Å². The summed E-state index contributed by atoms with van der Waals surface area (Å²) in [5.41, 5.74) is 8.33. The van der Waals surface area contributed by atoms with Gasteiger partial charge >= 0.3 is 0 Å². The van der Waals surface area contributed by atoms with Crippen LogP contribution in [0.4, 0.5) is 0 Å². The SMILES string of the molecule is COCCN(C(C)C)C(CN)c1cccc2cccnc12. The number of aromatic nitrogens is 1. The zero-order valence-electron chi connectivity index (χ0n) is 13.1. The van der Waals surface area contributed by atoms with Gasteiger partial charge in [0.2, 0.25) is 0 Å². The van der Waals surface area contributed by atoms with E-state index in [-0.39, 0.29) is 6.04 Å². The Morgan fingerprint density at radius 1 is 1.24 bits per heavy atom. The number of nitrogens with two attached hydrogens (primary N) is 1. The zero-order valence-corrected chi connectivity index (χ0v) is 13.1. The van der Waals surface area contributed by atoms with E-state index in [2.05, 4.69) is 48.0 Å². The second-order valence-corrected chi connectivity index (χ2v) is 5.50. The lowest BCUT2D eigenvalue weighted by Crippen LogP contribution is -2.40. The first-order valence-corrected chi connectivity index (χ1v) is 7.47. The van der Waals surface area contributed by atoms with Gasteiger partial charge in [0.05, 0.1) is 12.1 Å². The van der Waals surface area contributed by atoms with Gasteiger partial charge in [0.1, 0.15) is 0 Å². The van der Waals surface area contributed by atoms with Gasteiger partial charge in [-0.2, -0.15) is 0 Å². The molecule has 1 unspecified atom stereocenters. The molecule has 1 aromatic heterocycles. The summed E-state index contributed by atoms with van der Waals surface area (Å²) in [6.07, 6.45) is 1.84. The molecule has 0 radical (unpaired) electrons. The maximum atomic E-state index is 6.10. The van der Waals surface area contributed by atoms with Crippen molar-refractivity contribution in [3.05, 3.63) is 42.1 Å². The van der Waals surface area contributed by atoms with Crippen LogP contribution in [-0.4, -0.2) is 42.7 Å². The third-order valence-electron chi connectivity index (χ3n) is 3.86. The number of para-hydroxylation sites is 1. The minimum absolute atomic E-state index is 0.152. The molecule has 21 heavy (non-hydrogen) atoms. The Balaban J connectivity index is 2.42. The highest BCUT2D eigenvalue weighted by molar-refractivity contribution is 5.82. The van der Waals surface area contributed by atoms with Crippen LogP contribution >= 0.6 is 0 Å². The second-order valence-electron chi connectivity index (χ2n) is 5.50. The van der Waals surface area contributed by atoms with E-state index in [4.69, 9.17) is 10.5 Å². The van der Waals surface area contributed by atoms with Crippen LogP contribution in [0.1, 0.15) is 25.5 Å². The Bertz CT molecular complexity index is 565. The monoisotopic (exact) mass is 287 g/mol. The molecule has 0 aliphatic carbocycles. The number of pyridine rings is 1. The second kappa shape index (κ2) is 7.50. The molecule has 0 saturated heterocycles. The first-order chi connectivity index (χ1) is 10.2. The number of methoxy groups -OCH3 is 1. The van der Waals surface area contributed by atoms with Gasteiger partial charge in [0.15, 0.2) is 0 Å². The molecule has 0 fully saturated rings. The normalized spacial score (nSPS) is 13.2. The number of fused-ring (bicyclic) bond motifs is 1. The quantitative estimate of drug-likeness (QED) is 0.850. The van der Waals surface area contributed by atoms with Crippen LogP contribution in [0, 0.1) is 0 Å². The number of ether oxygens (including phenoxy) is 1. The van der Waals surface area contributed by atoms with Crippen molar-refractivity contribution in [2.75, 3.05) is 26.8 Å². The average molecular weight is 287 g/mol. The minimum Gasteiger partial charge on any atom is -0.383 e. The largest absolute Gasteiger partial charge is 0.383 e. The smallest absolute Gasteiger partial charge is 0.0750 e. The standard InChI is InChI=1S/C17H25N3O/c1-13(2)20(10-11-21-3)16(12-18)15-8-4-6-14-7-5-9-19-17(14)15/h4-9,13,16H,10-12,18H2,1-3H3. The molecule has 0 saturated carbocycles. The maximum absolute atomic E-state index is 6.10. The zero-order chi connectivity index (χ0) is 15.2. The Morgan fingerprint density at radius 3 is 2.67 bits per heavy atom. The first kappa shape index (κ1) is 15.9. The van der Waals surface area contributed by atoms with E-state index in [1.807, 2.05) is 12.3 Å². The Labute approximate surface area is 126 Å². The van der Waals surface area contributed by atoms with Crippen LogP contribution in [0.2, 0.25) is 0 Å². The highest BCUT2D eigenvalue weighted by Gasteiger charge is 2.23. The van der Waals surface area contributed by atoms with Gasteiger partial charge in [-0.05, 0) is 25.5 Å². The lowest BCUT2D eigenvalue weighted by atomic mass is 10.00. The fourth-order valence-electron chi connectivity index (χ4n) is 2.81. The van der Waals surface area contributed by atoms with E-state index in [1.165, 1.54) is 5.56 Å². The summed E-state index contributed by atoms with van der Waals surface area (Å²) >= 11 is 0. The molecular weight excluding hydrogens is 262 g/mol. The number of hydrogen-bond donors (Lipinski definition) is 1. The van der Waals surface area contributed by atoms with Gasteiger partial charge < -0.3 is 10.5 Å². The van der Waals surface area contributed by atoms with Crippen molar-refractivity contribution in [3.63, 3.8) is 0 Å². The van der Waals surface area contributed by atoms with Crippen LogP contribution in [0.25, 0.3) is 10.9 Å². The van der Waals surface area contributed by atoms with Crippen LogP contribution in [-0.2, 0) is 4.74 Å². The van der Waals surface area contributed by atoms with Crippen LogP contribution in [0.5, 0.6) is 0 Å². The number of benzene rings is 1. The number of rotatable bonds is 7. The van der Waals surface area contributed by atoms with Crippen molar-refractivity contribution >= 4 is 10.9 Å². The first-order valence-electron chi connectivity index (χ1n) is 7.47. The Hall–Kier alpha value is -1.49. The van der Waals surface area contributed by atoms with E-state index in [0.717, 1.165) is 17.4 Å². The van der Waals surface area contributed by atoms with Crippen molar-refractivity contribution in [1.82, 2.24) is 9.88 Å². The molecule has 114 valence electrons. The van der Waals surface area contributed by atoms with E-state index in [1.54, 1.807) is 7.11 Å². The summed E-state index contributed by atoms with van der Waals surface area (Å²) < 4.78 is 5.24. The highest BCUT2D eigenvalue weighted by Crippen LogP contribution is 2.27. The molecule has 2 rings (SSSR count). The summed E-state index contributed by atoms with van der Waals surface area (Å²) in [7, 11) is 1.73. The van der Waals surface area contributed by atoms with Crippen molar-refractivity contribution in [3.8, 4) is 0 Å². The third-order valence-corrected chi connectivity index (χ3v) is 3.86. The predicted octanol–water partition coefficient (Wildman–Crippen LogP) is 2.59. The molecule has 2 N–H and O–H groups in total. The molecule has 1 heterocycles. The summed E-state index contributed by atoms with van der Waals surface area (Å²) in [6.45, 7) is 6.51. The predicted molar refractivity (Wildman–Crippen MR) is 87.3 cm³/mol. The molecule has 0 amide bonds. The molecule has 2 aromatic rings. The lowest BCUT2D eigenvalue weighted by Gasteiger charge is -2.34. The van der Waals surface area contributed by atoms with Gasteiger partial charge in [-0.1, -0.05) is 24.3 Å². The van der Waals surface area contributed by atoms with Crippen LogP contribution < -0.4 is 5.73 Å². The van der Waals surface area contributed by atoms with Crippen molar-refractivity contribution in [2.24, 2.45) is 5.73 Å². The Kier molecular flexibility index (Phi) is 5.67. The molecule has 0 aliphatic rings. The third kappa shape index (κ3) is 3.59. The lowest BCUT2D eigenvalue weighted by molar-refractivity contribution is 0.0984. The average Bonchev–Trinajstić information content (AvgIpc) is 2.51. The van der Waals surface area contributed by atoms with Gasteiger partial charge in [-0.25, -0.2) is 0 Å². The molecule has 0 bridgehead atoms. The van der Waals surface area contributed by atoms with E-state index >= 15 is 0 Å². The number of hydrogen-bond acceptors (Lipinski definition) is 4. The molecule has 4 heteroatoms. The molecule has 0 aliphatic heterocycles. The van der Waals surface area contributed by atoms with Crippen molar-refractivity contribution in [1.29, 1.82) is 0 Å². The molecule has 1 aromatic carbocycles. The van der Waals surface area contributed by atoms with E-state index in [0.29, 0.717) is 19.2 Å². The summed E-state index contributed by atoms with van der Waals surface area (Å²) in [5, 5.41) is 1.16. The maximum Gasteiger partial charge on any atom is 0.0750 e. The summed E-state index contributed by atoms with van der Waals surface area (Å²) in [5.74, 6) is 0. The molecule has 4 nitrogen and oxygen atoms in total. The highest BCUT2D eigenvalue weighted by atomic mass is 16.5. The summed E-state index contributed by atoms with van der Waals surface area (Å²) in [6, 6.07) is 10.9. The van der Waals surface area contributed by atoms with Gasteiger partial charge in [0.25, 0.3) is 0 Å². The molecular formula is C17H25N3O. The van der Waals surface area contributed by atoms with Crippen LogP contribution in [0.15, 0.2) is 36.5 Å². The van der Waals surface area contributed by atoms with Crippen LogP contribution in [0.3, 0.4) is 0 Å². The van der Waals surface area contributed by atoms with Gasteiger partial charge in [-0.3, -0.25) is 9.88 Å². The van der Waals surface area contributed by atoms with E-state index < -0.39 is 0 Å². The molecule has 0 spiro atoms. The fourth-order valence-corrected chi connectivity index (χ4v) is 2.81. The topological polar surface area (TPSA) is 51.4 Å². The van der Waals surface area contributed by atoms with Gasteiger partial charge in [0, 0.05) is 43.9 Å².